The third kappa shape index (κ3) is 2.10. The van der Waals surface area contributed by atoms with Crippen LogP contribution in [-0.2, 0) is 4.79 Å². The highest BCUT2D eigenvalue weighted by Gasteiger charge is 2.22. The molecule has 16 heavy (non-hydrogen) atoms. The van der Waals surface area contributed by atoms with Gasteiger partial charge < -0.3 is 14.8 Å². The molecule has 1 amide bonds. The molecule has 0 aromatic heterocycles. The predicted molar refractivity (Wildman–Crippen MR) is 60.6 cm³/mol. The Balaban J connectivity index is 2.14. The van der Waals surface area contributed by atoms with E-state index in [9.17, 15) is 4.79 Å². The number of anilines is 1. The Hall–Kier alpha value is -1.71. The van der Waals surface area contributed by atoms with Crippen LogP contribution in [0.2, 0.25) is 0 Å². The minimum Gasteiger partial charge on any atom is -0.454 e. The van der Waals surface area contributed by atoms with Crippen LogP contribution in [0.3, 0.4) is 0 Å². The predicted octanol–water partition coefficient (Wildman–Crippen LogP) is 2.40. The van der Waals surface area contributed by atoms with Gasteiger partial charge in [-0.25, -0.2) is 0 Å². The van der Waals surface area contributed by atoms with Gasteiger partial charge in [0.2, 0.25) is 12.7 Å². The van der Waals surface area contributed by atoms with Gasteiger partial charge in [0, 0.05) is 17.2 Å². The van der Waals surface area contributed by atoms with Crippen LogP contribution in [0.5, 0.6) is 11.5 Å². The van der Waals surface area contributed by atoms with Crippen LogP contribution >= 0.6 is 0 Å². The van der Waals surface area contributed by atoms with Crippen LogP contribution in [0, 0.1) is 5.41 Å². The van der Waals surface area contributed by atoms with E-state index < -0.39 is 5.41 Å². The summed E-state index contributed by atoms with van der Waals surface area (Å²) >= 11 is 0. The fraction of sp³-hybridized carbons (Fsp3) is 0.417. The summed E-state index contributed by atoms with van der Waals surface area (Å²) in [5.74, 6) is 1.37. The number of carbonyl (C=O) groups is 1. The molecule has 4 nitrogen and oxygen atoms in total. The molecule has 1 aliphatic heterocycles. The van der Waals surface area contributed by atoms with Gasteiger partial charge in [-0.3, -0.25) is 4.79 Å². The molecule has 0 atom stereocenters. The Labute approximate surface area is 94.6 Å². The van der Waals surface area contributed by atoms with Gasteiger partial charge >= 0.3 is 0 Å². The van der Waals surface area contributed by atoms with E-state index in [4.69, 9.17) is 9.47 Å². The fourth-order valence-electron chi connectivity index (χ4n) is 1.29. The van der Waals surface area contributed by atoms with E-state index in [2.05, 4.69) is 5.32 Å². The Bertz CT molecular complexity index is 421. The Kier molecular flexibility index (Phi) is 2.50. The molecule has 0 saturated heterocycles. The zero-order valence-corrected chi connectivity index (χ0v) is 9.66. The van der Waals surface area contributed by atoms with E-state index in [0.29, 0.717) is 11.5 Å². The summed E-state index contributed by atoms with van der Waals surface area (Å²) in [6, 6.07) is 5.36. The third-order valence-electron chi connectivity index (χ3n) is 2.31. The van der Waals surface area contributed by atoms with Gasteiger partial charge in [-0.05, 0) is 12.1 Å². The van der Waals surface area contributed by atoms with Crippen LogP contribution in [0.1, 0.15) is 20.8 Å². The molecule has 0 unspecified atom stereocenters. The van der Waals surface area contributed by atoms with Gasteiger partial charge in [0.05, 0.1) is 0 Å². The van der Waals surface area contributed by atoms with Crippen LogP contribution in [0.15, 0.2) is 18.2 Å². The molecule has 0 bridgehead atoms. The topological polar surface area (TPSA) is 47.6 Å². The Morgan fingerprint density at radius 1 is 1.25 bits per heavy atom. The van der Waals surface area contributed by atoms with Crippen LogP contribution in [-0.4, -0.2) is 12.7 Å². The molecule has 0 fully saturated rings. The zero-order valence-electron chi connectivity index (χ0n) is 9.66. The number of benzene rings is 1. The monoisotopic (exact) mass is 221 g/mol. The molecular weight excluding hydrogens is 206 g/mol. The van der Waals surface area contributed by atoms with Gasteiger partial charge in [0.25, 0.3) is 0 Å². The molecule has 0 radical (unpaired) electrons. The van der Waals surface area contributed by atoms with Crippen molar-refractivity contribution < 1.29 is 14.3 Å². The van der Waals surface area contributed by atoms with E-state index in [1.54, 1.807) is 18.2 Å². The van der Waals surface area contributed by atoms with Crippen molar-refractivity contribution in [2.45, 2.75) is 20.8 Å². The second-order valence-corrected chi connectivity index (χ2v) is 4.77. The lowest BCUT2D eigenvalue weighted by molar-refractivity contribution is -0.123. The molecule has 1 N–H and O–H groups in total. The van der Waals surface area contributed by atoms with Gasteiger partial charge in [-0.1, -0.05) is 20.8 Å². The number of fused-ring (bicyclic) bond motifs is 1. The van der Waals surface area contributed by atoms with E-state index in [0.717, 1.165) is 5.69 Å². The normalized spacial score (nSPS) is 13.7. The summed E-state index contributed by atoms with van der Waals surface area (Å²) < 4.78 is 10.4. The van der Waals surface area contributed by atoms with Gasteiger partial charge in [0.15, 0.2) is 11.5 Å². The van der Waals surface area contributed by atoms with Crippen molar-refractivity contribution in [3.8, 4) is 11.5 Å². The van der Waals surface area contributed by atoms with Crippen molar-refractivity contribution in [1.29, 1.82) is 0 Å². The first-order valence-electron chi connectivity index (χ1n) is 5.18. The molecule has 0 saturated carbocycles. The first-order valence-corrected chi connectivity index (χ1v) is 5.18. The molecule has 0 aliphatic carbocycles. The van der Waals surface area contributed by atoms with E-state index in [-0.39, 0.29) is 12.7 Å². The first-order chi connectivity index (χ1) is 7.47. The third-order valence-corrected chi connectivity index (χ3v) is 2.31. The number of rotatable bonds is 1. The quantitative estimate of drug-likeness (QED) is 0.792. The summed E-state index contributed by atoms with van der Waals surface area (Å²) in [6.07, 6.45) is 0. The van der Waals surface area contributed by atoms with Crippen LogP contribution < -0.4 is 14.8 Å². The fourth-order valence-corrected chi connectivity index (χ4v) is 1.29. The maximum Gasteiger partial charge on any atom is 0.231 e. The number of hydrogen-bond donors (Lipinski definition) is 1. The highest BCUT2D eigenvalue weighted by molar-refractivity contribution is 5.94. The maximum absolute atomic E-state index is 11.8. The molecule has 0 spiro atoms. The first kappa shape index (κ1) is 10.8. The van der Waals surface area contributed by atoms with Crippen molar-refractivity contribution in [2.24, 2.45) is 5.41 Å². The molecule has 4 heteroatoms. The van der Waals surface area contributed by atoms with E-state index in [1.807, 2.05) is 20.8 Å². The van der Waals surface area contributed by atoms with Crippen molar-refractivity contribution in [3.05, 3.63) is 18.2 Å². The second-order valence-electron chi connectivity index (χ2n) is 4.77. The molecule has 1 aromatic rings. The molecule has 86 valence electrons. The van der Waals surface area contributed by atoms with Gasteiger partial charge in [-0.15, -0.1) is 0 Å². The number of amides is 1. The summed E-state index contributed by atoms with van der Waals surface area (Å²) in [4.78, 5) is 11.8. The second kappa shape index (κ2) is 3.70. The lowest BCUT2D eigenvalue weighted by Gasteiger charge is -2.17. The number of ether oxygens (including phenoxy) is 2. The average molecular weight is 221 g/mol. The highest BCUT2D eigenvalue weighted by Crippen LogP contribution is 2.34. The van der Waals surface area contributed by atoms with Crippen molar-refractivity contribution in [2.75, 3.05) is 12.1 Å². The Morgan fingerprint density at radius 3 is 2.62 bits per heavy atom. The summed E-state index contributed by atoms with van der Waals surface area (Å²) in [7, 11) is 0. The standard InChI is InChI=1S/C12H15NO3/c1-12(2,3)11(14)13-8-4-5-9-10(6-8)16-7-15-9/h4-6H,7H2,1-3H3,(H,13,14). The average Bonchev–Trinajstić information content (AvgIpc) is 2.63. The number of carbonyl (C=O) groups excluding carboxylic acids is 1. The molecule has 1 aliphatic rings. The summed E-state index contributed by atoms with van der Waals surface area (Å²) in [5.41, 5.74) is 0.320. The van der Waals surface area contributed by atoms with Crippen molar-refractivity contribution in [3.63, 3.8) is 0 Å². The smallest absolute Gasteiger partial charge is 0.231 e. The minimum absolute atomic E-state index is 0.0219. The lowest BCUT2D eigenvalue weighted by atomic mass is 9.95. The molecule has 2 rings (SSSR count). The largest absolute Gasteiger partial charge is 0.454 e. The van der Waals surface area contributed by atoms with E-state index >= 15 is 0 Å². The minimum atomic E-state index is -0.406. The van der Waals surface area contributed by atoms with Crippen molar-refractivity contribution >= 4 is 11.6 Å². The Morgan fingerprint density at radius 2 is 1.94 bits per heavy atom. The van der Waals surface area contributed by atoms with Gasteiger partial charge in [-0.2, -0.15) is 0 Å². The number of hydrogen-bond acceptors (Lipinski definition) is 3. The van der Waals surface area contributed by atoms with E-state index in [1.165, 1.54) is 0 Å². The molecular formula is C12H15NO3. The SMILES string of the molecule is CC(C)(C)C(=O)Nc1ccc2c(c1)OCO2. The summed E-state index contributed by atoms with van der Waals surface area (Å²) in [6.45, 7) is 5.85. The van der Waals surface area contributed by atoms with Crippen LogP contribution in [0.4, 0.5) is 5.69 Å². The lowest BCUT2D eigenvalue weighted by Crippen LogP contribution is -2.27. The van der Waals surface area contributed by atoms with Crippen LogP contribution in [0.25, 0.3) is 0 Å². The van der Waals surface area contributed by atoms with Gasteiger partial charge in [0.1, 0.15) is 0 Å². The number of nitrogens with one attached hydrogen (secondary N) is 1. The zero-order chi connectivity index (χ0) is 11.8. The molecule has 1 aromatic carbocycles. The highest BCUT2D eigenvalue weighted by atomic mass is 16.7. The van der Waals surface area contributed by atoms with Crippen molar-refractivity contribution in [1.82, 2.24) is 0 Å². The summed E-state index contributed by atoms with van der Waals surface area (Å²) in [5, 5.41) is 2.84. The maximum atomic E-state index is 11.8. The molecule has 1 heterocycles.